The van der Waals surface area contributed by atoms with Gasteiger partial charge in [0.05, 0.1) is 20.5 Å². The van der Waals surface area contributed by atoms with Crippen LogP contribution in [-0.2, 0) is 4.79 Å². The van der Waals surface area contributed by atoms with Gasteiger partial charge >= 0.3 is 0 Å². The molecule has 1 saturated carbocycles. The predicted octanol–water partition coefficient (Wildman–Crippen LogP) is 4.74. The standard InChI is InChI=1S/C26H28N2O5/c1-31-21-13-9-18(10-14-21)24(25(29)27-19-6-3-4-7-19)28(26(30)23-8-5-17-33-23)20-11-15-22(32-2)16-12-20/h5,8-17,19,24H,3-4,6-7H2,1-2H3,(H,27,29)/t24-/m1/s1. The Balaban J connectivity index is 1.79. The van der Waals surface area contributed by atoms with Gasteiger partial charge in [0.2, 0.25) is 5.91 Å². The zero-order valence-electron chi connectivity index (χ0n) is 18.8. The van der Waals surface area contributed by atoms with Crippen molar-refractivity contribution in [2.45, 2.75) is 37.8 Å². The molecule has 4 rings (SSSR count). The number of nitrogens with zero attached hydrogens (tertiary/aromatic N) is 1. The second-order valence-corrected chi connectivity index (χ2v) is 8.02. The minimum Gasteiger partial charge on any atom is -0.497 e. The zero-order chi connectivity index (χ0) is 23.2. The van der Waals surface area contributed by atoms with Crippen molar-refractivity contribution in [3.63, 3.8) is 0 Å². The minimum absolute atomic E-state index is 0.106. The molecule has 0 aliphatic heterocycles. The Labute approximate surface area is 193 Å². The summed E-state index contributed by atoms with van der Waals surface area (Å²) in [5.74, 6) is 0.830. The first-order valence-corrected chi connectivity index (χ1v) is 11.1. The monoisotopic (exact) mass is 448 g/mol. The van der Waals surface area contributed by atoms with Crippen LogP contribution in [0.2, 0.25) is 0 Å². The summed E-state index contributed by atoms with van der Waals surface area (Å²) in [7, 11) is 3.17. The number of hydrogen-bond donors (Lipinski definition) is 1. The van der Waals surface area contributed by atoms with Crippen LogP contribution >= 0.6 is 0 Å². The number of hydrogen-bond acceptors (Lipinski definition) is 5. The van der Waals surface area contributed by atoms with Gasteiger partial charge in [-0.05, 0) is 66.9 Å². The maximum Gasteiger partial charge on any atom is 0.294 e. The van der Waals surface area contributed by atoms with Gasteiger partial charge in [0.25, 0.3) is 5.91 Å². The maximum absolute atomic E-state index is 13.7. The Bertz CT molecular complexity index is 1060. The number of nitrogens with one attached hydrogen (secondary N) is 1. The van der Waals surface area contributed by atoms with E-state index in [-0.39, 0.29) is 17.7 Å². The summed E-state index contributed by atoms with van der Waals surface area (Å²) in [6.45, 7) is 0. The highest BCUT2D eigenvalue weighted by molar-refractivity contribution is 6.08. The van der Waals surface area contributed by atoms with Crippen molar-refractivity contribution < 1.29 is 23.5 Å². The maximum atomic E-state index is 13.7. The van der Waals surface area contributed by atoms with Crippen molar-refractivity contribution in [2.24, 2.45) is 0 Å². The largest absolute Gasteiger partial charge is 0.497 e. The van der Waals surface area contributed by atoms with E-state index < -0.39 is 11.9 Å². The first-order chi connectivity index (χ1) is 16.1. The van der Waals surface area contributed by atoms with Crippen LogP contribution in [0.4, 0.5) is 5.69 Å². The van der Waals surface area contributed by atoms with Gasteiger partial charge in [0, 0.05) is 11.7 Å². The van der Waals surface area contributed by atoms with Gasteiger partial charge in [-0.1, -0.05) is 25.0 Å². The molecule has 0 radical (unpaired) electrons. The lowest BCUT2D eigenvalue weighted by atomic mass is 10.0. The van der Waals surface area contributed by atoms with Gasteiger partial charge in [0.15, 0.2) is 5.76 Å². The summed E-state index contributed by atoms with van der Waals surface area (Å²) in [4.78, 5) is 28.8. The van der Waals surface area contributed by atoms with E-state index in [1.165, 1.54) is 11.2 Å². The van der Waals surface area contributed by atoms with E-state index in [9.17, 15) is 9.59 Å². The molecule has 1 aromatic heterocycles. The third kappa shape index (κ3) is 5.03. The molecule has 1 fully saturated rings. The van der Waals surface area contributed by atoms with Crippen LogP contribution in [-0.4, -0.2) is 32.1 Å². The van der Waals surface area contributed by atoms with Crippen molar-refractivity contribution in [1.82, 2.24) is 5.32 Å². The number of carbonyl (C=O) groups excluding carboxylic acids is 2. The third-order valence-corrected chi connectivity index (χ3v) is 5.94. The molecule has 1 aliphatic rings. The topological polar surface area (TPSA) is 81.0 Å². The molecule has 2 amide bonds. The lowest BCUT2D eigenvalue weighted by molar-refractivity contribution is -0.123. The number of rotatable bonds is 8. The van der Waals surface area contributed by atoms with Gasteiger partial charge in [0.1, 0.15) is 17.5 Å². The number of carbonyl (C=O) groups is 2. The fraction of sp³-hybridized carbons (Fsp3) is 0.308. The Hall–Kier alpha value is -3.74. The Morgan fingerprint density at radius 1 is 0.939 bits per heavy atom. The summed E-state index contributed by atoms with van der Waals surface area (Å²) in [5, 5.41) is 3.16. The highest BCUT2D eigenvalue weighted by Gasteiger charge is 2.35. The molecule has 1 heterocycles. The molecule has 3 aromatic rings. The summed E-state index contributed by atoms with van der Waals surface area (Å²) < 4.78 is 16.0. The molecule has 0 saturated heterocycles. The summed E-state index contributed by atoms with van der Waals surface area (Å²) in [6, 6.07) is 16.7. The van der Waals surface area contributed by atoms with Crippen molar-refractivity contribution in [3.8, 4) is 11.5 Å². The minimum atomic E-state index is -0.900. The average Bonchev–Trinajstić information content (AvgIpc) is 3.57. The highest BCUT2D eigenvalue weighted by Crippen LogP contribution is 2.32. The normalized spacial score (nSPS) is 14.5. The van der Waals surface area contributed by atoms with Crippen LogP contribution in [0.15, 0.2) is 71.3 Å². The van der Waals surface area contributed by atoms with Crippen molar-refractivity contribution in [2.75, 3.05) is 19.1 Å². The van der Waals surface area contributed by atoms with Crippen LogP contribution < -0.4 is 19.7 Å². The van der Waals surface area contributed by atoms with Gasteiger partial charge in [-0.15, -0.1) is 0 Å². The summed E-state index contributed by atoms with van der Waals surface area (Å²) in [6.07, 6.45) is 5.50. The molecule has 0 spiro atoms. The molecular weight excluding hydrogens is 420 g/mol. The van der Waals surface area contributed by atoms with E-state index in [2.05, 4.69) is 5.32 Å². The van der Waals surface area contributed by atoms with Gasteiger partial charge < -0.3 is 19.2 Å². The molecule has 33 heavy (non-hydrogen) atoms. The van der Waals surface area contributed by atoms with Crippen LogP contribution in [0, 0.1) is 0 Å². The van der Waals surface area contributed by atoms with Crippen molar-refractivity contribution in [1.29, 1.82) is 0 Å². The fourth-order valence-electron chi connectivity index (χ4n) is 4.20. The molecule has 172 valence electrons. The van der Waals surface area contributed by atoms with Gasteiger partial charge in [-0.25, -0.2) is 0 Å². The van der Waals surface area contributed by atoms with Crippen LogP contribution in [0.25, 0.3) is 0 Å². The average molecular weight is 449 g/mol. The number of benzene rings is 2. The molecule has 0 bridgehead atoms. The van der Waals surface area contributed by atoms with E-state index in [1.54, 1.807) is 62.8 Å². The third-order valence-electron chi connectivity index (χ3n) is 5.94. The zero-order valence-corrected chi connectivity index (χ0v) is 18.8. The highest BCUT2D eigenvalue weighted by atomic mass is 16.5. The van der Waals surface area contributed by atoms with E-state index in [0.29, 0.717) is 22.7 Å². The number of anilines is 1. The molecule has 7 nitrogen and oxygen atoms in total. The quantitative estimate of drug-likeness (QED) is 0.538. The van der Waals surface area contributed by atoms with Gasteiger partial charge in [-0.2, -0.15) is 0 Å². The smallest absolute Gasteiger partial charge is 0.294 e. The second kappa shape index (κ2) is 10.3. The lowest BCUT2D eigenvalue weighted by Crippen LogP contribution is -2.46. The molecule has 1 atom stereocenters. The summed E-state index contributed by atoms with van der Waals surface area (Å²) in [5.41, 5.74) is 1.22. The first-order valence-electron chi connectivity index (χ1n) is 11.1. The fourth-order valence-corrected chi connectivity index (χ4v) is 4.20. The van der Waals surface area contributed by atoms with Crippen LogP contribution in [0.3, 0.4) is 0 Å². The molecular formula is C26H28N2O5. The number of amides is 2. The molecule has 7 heteroatoms. The molecule has 0 unspecified atom stereocenters. The Morgan fingerprint density at radius 3 is 2.09 bits per heavy atom. The Kier molecular flexibility index (Phi) is 6.98. The van der Waals surface area contributed by atoms with Crippen molar-refractivity contribution in [3.05, 3.63) is 78.3 Å². The van der Waals surface area contributed by atoms with E-state index in [0.717, 1.165) is 25.7 Å². The molecule has 1 aliphatic carbocycles. The van der Waals surface area contributed by atoms with Gasteiger partial charge in [-0.3, -0.25) is 14.5 Å². The lowest BCUT2D eigenvalue weighted by Gasteiger charge is -2.32. The van der Waals surface area contributed by atoms with Crippen LogP contribution in [0.1, 0.15) is 47.8 Å². The van der Waals surface area contributed by atoms with E-state index >= 15 is 0 Å². The number of furan rings is 1. The first kappa shape index (κ1) is 22.5. The molecule has 2 aromatic carbocycles. The van der Waals surface area contributed by atoms with Crippen LogP contribution in [0.5, 0.6) is 11.5 Å². The number of methoxy groups -OCH3 is 2. The second-order valence-electron chi connectivity index (χ2n) is 8.02. The Morgan fingerprint density at radius 2 is 1.55 bits per heavy atom. The number of ether oxygens (including phenoxy) is 2. The molecule has 1 N–H and O–H groups in total. The van der Waals surface area contributed by atoms with E-state index in [1.807, 2.05) is 12.1 Å². The van der Waals surface area contributed by atoms with Crippen molar-refractivity contribution >= 4 is 17.5 Å². The predicted molar refractivity (Wildman–Crippen MR) is 125 cm³/mol. The SMILES string of the molecule is COc1ccc([C@H](C(=O)NC2CCCC2)N(C(=O)c2ccco2)c2ccc(OC)cc2)cc1. The summed E-state index contributed by atoms with van der Waals surface area (Å²) >= 11 is 0. The van der Waals surface area contributed by atoms with E-state index in [4.69, 9.17) is 13.9 Å².